The van der Waals surface area contributed by atoms with Crippen molar-refractivity contribution in [2.24, 2.45) is 0 Å². The first kappa shape index (κ1) is 23.9. The molecule has 4 rings (SSSR count). The first-order chi connectivity index (χ1) is 16.8. The minimum Gasteiger partial charge on any atom is -0.509 e. The Morgan fingerprint density at radius 1 is 1.17 bits per heavy atom. The summed E-state index contributed by atoms with van der Waals surface area (Å²) in [4.78, 5) is 48.6. The number of hydrogen-bond acceptors (Lipinski definition) is 9. The van der Waals surface area contributed by atoms with Gasteiger partial charge in [0.25, 0.3) is 17.5 Å². The normalized spacial score (nSPS) is 21.0. The summed E-state index contributed by atoms with van der Waals surface area (Å²) in [6.07, 6.45) is 0. The number of nitro groups is 1. The first-order valence-corrected chi connectivity index (χ1v) is 11.6. The average molecular weight is 501 g/mol. The maximum absolute atomic E-state index is 12.7. The topological polar surface area (TPSA) is 165 Å². The molecule has 12 nitrogen and oxygen atoms in total. The van der Waals surface area contributed by atoms with Crippen LogP contribution in [0.25, 0.3) is 0 Å². The number of aliphatic hydroxyl groups is 1. The van der Waals surface area contributed by atoms with Crippen molar-refractivity contribution in [3.63, 3.8) is 0 Å². The second-order valence-electron chi connectivity index (χ2n) is 7.57. The van der Waals surface area contributed by atoms with E-state index in [1.54, 1.807) is 30.3 Å². The maximum atomic E-state index is 12.7. The lowest BCUT2D eigenvalue weighted by atomic mass is 10.0. The second kappa shape index (κ2) is 9.93. The molecule has 2 heterocycles. The Hall–Kier alpha value is -4.26. The number of hydrogen-bond donors (Lipinski definition) is 2. The van der Waals surface area contributed by atoms with E-state index in [9.17, 15) is 33.8 Å². The Kier molecular flexibility index (Phi) is 6.78. The number of fused-ring (bicyclic) bond motifs is 1. The third kappa shape index (κ3) is 4.99. The van der Waals surface area contributed by atoms with Crippen LogP contribution >= 0.6 is 0 Å². The number of amides is 2. The monoisotopic (exact) mass is 501 g/mol. The van der Waals surface area contributed by atoms with Gasteiger partial charge >= 0.3 is 5.97 Å². The molecule has 2 aromatic rings. The number of para-hydroxylation sites is 1. The molecule has 2 aromatic carbocycles. The second-order valence-corrected chi connectivity index (χ2v) is 9.10. The lowest BCUT2D eigenvalue weighted by Crippen LogP contribution is -2.73. The van der Waals surface area contributed by atoms with Gasteiger partial charge in [0, 0.05) is 12.1 Å². The van der Waals surface area contributed by atoms with Crippen molar-refractivity contribution in [1.82, 2.24) is 10.2 Å². The predicted molar refractivity (Wildman–Crippen MR) is 120 cm³/mol. The summed E-state index contributed by atoms with van der Waals surface area (Å²) in [5.41, 5.74) is -0.141. The molecule has 2 amide bonds. The summed E-state index contributed by atoms with van der Waals surface area (Å²) in [6, 6.07) is 12.7. The molecule has 2 aliphatic heterocycles. The zero-order valence-corrected chi connectivity index (χ0v) is 18.8. The highest BCUT2D eigenvalue weighted by Crippen LogP contribution is 2.34. The summed E-state index contributed by atoms with van der Waals surface area (Å²) in [5.74, 6) is -2.90. The van der Waals surface area contributed by atoms with Crippen LogP contribution in [0.2, 0.25) is 0 Å². The van der Waals surface area contributed by atoms with E-state index in [1.807, 2.05) is 0 Å². The highest BCUT2D eigenvalue weighted by atomic mass is 32.2. The van der Waals surface area contributed by atoms with Crippen LogP contribution in [0, 0.1) is 10.1 Å². The number of benzene rings is 2. The van der Waals surface area contributed by atoms with Crippen molar-refractivity contribution in [2.75, 3.05) is 12.4 Å². The van der Waals surface area contributed by atoms with Crippen LogP contribution in [0.5, 0.6) is 5.75 Å². The van der Waals surface area contributed by atoms with Crippen LogP contribution in [-0.4, -0.2) is 60.7 Å². The fourth-order valence-corrected chi connectivity index (χ4v) is 5.07. The van der Waals surface area contributed by atoms with Gasteiger partial charge in [-0.15, -0.1) is 0 Å². The van der Waals surface area contributed by atoms with Gasteiger partial charge < -0.3 is 19.9 Å². The van der Waals surface area contributed by atoms with E-state index in [0.717, 1.165) is 4.90 Å². The number of rotatable bonds is 8. The number of esters is 1. The van der Waals surface area contributed by atoms with Gasteiger partial charge in [-0.2, -0.15) is 0 Å². The highest BCUT2D eigenvalue weighted by molar-refractivity contribution is 7.86. The molecule has 0 radical (unpaired) electrons. The third-order valence-electron chi connectivity index (χ3n) is 5.25. The average Bonchev–Trinajstić information content (AvgIpc) is 2.85. The zero-order valence-electron chi connectivity index (χ0n) is 18.0. The van der Waals surface area contributed by atoms with Crippen LogP contribution in [0.15, 0.2) is 66.1 Å². The number of nitrogens with one attached hydrogen (secondary N) is 1. The van der Waals surface area contributed by atoms with Crippen LogP contribution in [-0.2, 0) is 36.5 Å². The standard InChI is InChI=1S/C22H19N3O9S/c26-16-12-35(32)21-18(23-17(27)11-33-15-4-2-1-3-5-15)20(28)24(21)19(16)22(29)34-10-13-6-8-14(9-7-13)25(30)31/h1-9,18,21,26H,10-12H2,(H,23,27)/t18-,21-,35-/m1/s1. The number of non-ortho nitro benzene ring substituents is 1. The summed E-state index contributed by atoms with van der Waals surface area (Å²) >= 11 is 0. The van der Waals surface area contributed by atoms with Crippen molar-refractivity contribution >= 4 is 34.3 Å². The number of carbonyl (C=O) groups excluding carboxylic acids is 3. The van der Waals surface area contributed by atoms with Gasteiger partial charge in [0.05, 0.1) is 21.5 Å². The molecular weight excluding hydrogens is 482 g/mol. The number of nitrogens with zero attached hydrogens (tertiary/aromatic N) is 2. The van der Waals surface area contributed by atoms with Crippen molar-refractivity contribution < 1.29 is 38.1 Å². The molecule has 35 heavy (non-hydrogen) atoms. The van der Waals surface area contributed by atoms with Crippen molar-refractivity contribution in [2.45, 2.75) is 18.0 Å². The van der Waals surface area contributed by atoms with E-state index in [4.69, 9.17) is 9.47 Å². The molecule has 0 spiro atoms. The molecule has 0 bridgehead atoms. The quantitative estimate of drug-likeness (QED) is 0.231. The van der Waals surface area contributed by atoms with E-state index in [0.29, 0.717) is 11.3 Å². The fourth-order valence-electron chi connectivity index (χ4n) is 3.56. The molecule has 182 valence electrons. The van der Waals surface area contributed by atoms with Gasteiger partial charge in [-0.1, -0.05) is 18.2 Å². The predicted octanol–water partition coefficient (Wildman–Crippen LogP) is 0.902. The van der Waals surface area contributed by atoms with E-state index in [2.05, 4.69) is 5.32 Å². The minimum absolute atomic E-state index is 0.133. The van der Waals surface area contributed by atoms with Crippen LogP contribution < -0.4 is 10.1 Å². The summed E-state index contributed by atoms with van der Waals surface area (Å²) in [7, 11) is -1.78. The summed E-state index contributed by atoms with van der Waals surface area (Å²) in [5, 5.41) is 22.4. The SMILES string of the molecule is O=C(COc1ccccc1)N[C@@H]1C(=O)N2C(C(=O)OCc3ccc([N+](=O)[O-])cc3)=C(O)C[S@@](=O)[C@H]12. The molecule has 0 saturated carbocycles. The van der Waals surface area contributed by atoms with E-state index in [1.165, 1.54) is 24.3 Å². The Morgan fingerprint density at radius 2 is 1.86 bits per heavy atom. The summed E-state index contributed by atoms with van der Waals surface area (Å²) < 4.78 is 23.0. The minimum atomic E-state index is -1.78. The largest absolute Gasteiger partial charge is 0.509 e. The Labute approximate surface area is 200 Å². The molecule has 0 aromatic heterocycles. The Morgan fingerprint density at radius 3 is 2.51 bits per heavy atom. The molecular formula is C22H19N3O9S. The zero-order chi connectivity index (χ0) is 25.1. The number of ether oxygens (including phenoxy) is 2. The van der Waals surface area contributed by atoms with Gasteiger partial charge in [0.15, 0.2) is 12.3 Å². The molecule has 1 fully saturated rings. The number of nitro benzene ring substituents is 1. The van der Waals surface area contributed by atoms with Crippen molar-refractivity contribution in [3.8, 4) is 5.75 Å². The van der Waals surface area contributed by atoms with Gasteiger partial charge in [0.2, 0.25) is 0 Å². The molecule has 2 N–H and O–H groups in total. The lowest BCUT2D eigenvalue weighted by Gasteiger charge is -2.48. The smallest absolute Gasteiger partial charge is 0.358 e. The van der Waals surface area contributed by atoms with E-state index >= 15 is 0 Å². The first-order valence-electron chi connectivity index (χ1n) is 10.3. The molecule has 0 aliphatic carbocycles. The maximum Gasteiger partial charge on any atom is 0.358 e. The third-order valence-corrected chi connectivity index (χ3v) is 6.83. The van der Waals surface area contributed by atoms with Crippen LogP contribution in [0.3, 0.4) is 0 Å². The molecule has 13 heteroatoms. The highest BCUT2D eigenvalue weighted by Gasteiger charge is 2.57. The Bertz CT molecular complexity index is 1230. The molecule has 2 aliphatic rings. The summed E-state index contributed by atoms with van der Waals surface area (Å²) in [6.45, 7) is -0.654. The number of aliphatic hydroxyl groups excluding tert-OH is 1. The molecule has 1 saturated heterocycles. The van der Waals surface area contributed by atoms with Crippen molar-refractivity contribution in [3.05, 3.63) is 81.7 Å². The Balaban J connectivity index is 1.38. The van der Waals surface area contributed by atoms with Gasteiger partial charge in [-0.25, -0.2) is 4.79 Å². The number of β-lactam (4-membered cyclic amide) rings is 1. The molecule has 0 unspecified atom stereocenters. The van der Waals surface area contributed by atoms with E-state index < -0.39 is 62.1 Å². The molecule has 3 atom stereocenters. The van der Waals surface area contributed by atoms with Crippen molar-refractivity contribution in [1.29, 1.82) is 0 Å². The number of carbonyl (C=O) groups is 3. The van der Waals surface area contributed by atoms with Gasteiger partial charge in [0.1, 0.15) is 29.5 Å². The van der Waals surface area contributed by atoms with Gasteiger partial charge in [-0.3, -0.25) is 28.8 Å². The van der Waals surface area contributed by atoms with E-state index in [-0.39, 0.29) is 18.9 Å². The van der Waals surface area contributed by atoms with Crippen LogP contribution in [0.4, 0.5) is 5.69 Å². The lowest BCUT2D eigenvalue weighted by molar-refractivity contribution is -0.384. The van der Waals surface area contributed by atoms with Crippen LogP contribution in [0.1, 0.15) is 5.56 Å². The van der Waals surface area contributed by atoms with Gasteiger partial charge in [-0.05, 0) is 29.8 Å². The fraction of sp³-hybridized carbons (Fsp3) is 0.227.